The number of hydrogen-bond acceptors (Lipinski definition) is 5. The topological polar surface area (TPSA) is 118 Å². The van der Waals surface area contributed by atoms with E-state index in [1.54, 1.807) is 30.3 Å². The highest BCUT2D eigenvalue weighted by Crippen LogP contribution is 2.11. The van der Waals surface area contributed by atoms with Crippen LogP contribution < -0.4 is 15.8 Å². The van der Waals surface area contributed by atoms with Crippen molar-refractivity contribution in [1.29, 1.82) is 0 Å². The average molecular weight is 389 g/mol. The van der Waals surface area contributed by atoms with Gasteiger partial charge >= 0.3 is 0 Å². The normalized spacial score (nSPS) is 11.0. The number of carbonyl (C=O) groups excluding carboxylic acids is 2. The van der Waals surface area contributed by atoms with Crippen molar-refractivity contribution in [2.45, 2.75) is 24.7 Å². The fourth-order valence-corrected chi connectivity index (χ4v) is 2.96. The predicted molar refractivity (Wildman–Crippen MR) is 104 cm³/mol. The van der Waals surface area contributed by atoms with Crippen molar-refractivity contribution in [3.8, 4) is 0 Å². The smallest absolute Gasteiger partial charge is 0.238 e. The number of primary sulfonamides is 1. The molecule has 0 aliphatic rings. The summed E-state index contributed by atoms with van der Waals surface area (Å²) in [5, 5.41) is 11.0. The van der Waals surface area contributed by atoms with Crippen LogP contribution in [0.2, 0.25) is 0 Å². The molecule has 0 unspecified atom stereocenters. The highest BCUT2D eigenvalue weighted by molar-refractivity contribution is 7.89. The maximum Gasteiger partial charge on any atom is 0.238 e. The number of sulfonamides is 1. The van der Waals surface area contributed by atoms with Crippen LogP contribution in [0.3, 0.4) is 0 Å². The molecule has 27 heavy (non-hydrogen) atoms. The van der Waals surface area contributed by atoms with Gasteiger partial charge in [-0.05, 0) is 43.2 Å². The molecule has 2 aromatic carbocycles. The molecule has 2 aromatic rings. The molecule has 4 N–H and O–H groups in total. The Labute approximate surface area is 159 Å². The van der Waals surface area contributed by atoms with Crippen molar-refractivity contribution in [3.05, 3.63) is 59.7 Å². The van der Waals surface area contributed by atoms with Crippen molar-refractivity contribution in [2.24, 2.45) is 5.14 Å². The highest BCUT2D eigenvalue weighted by atomic mass is 32.2. The standard InChI is InChI=1S/C19H23N3O4S/c1-14(23)16-3-2-4-17(13-16)21-12-10-19(24)22-11-9-15-5-7-18(8-6-15)27(20,25)26/h2-8,13,21H,9-12H2,1H3,(H,22,24)(H2,20,25,26). The summed E-state index contributed by atoms with van der Waals surface area (Å²) in [4.78, 5) is 23.3. The lowest BCUT2D eigenvalue weighted by atomic mass is 10.1. The van der Waals surface area contributed by atoms with E-state index in [9.17, 15) is 18.0 Å². The molecule has 0 spiro atoms. The molecule has 2 rings (SSSR count). The summed E-state index contributed by atoms with van der Waals surface area (Å²) in [6.45, 7) is 2.42. The van der Waals surface area contributed by atoms with E-state index >= 15 is 0 Å². The van der Waals surface area contributed by atoms with Crippen molar-refractivity contribution in [1.82, 2.24) is 5.32 Å². The summed E-state index contributed by atoms with van der Waals surface area (Å²) in [6, 6.07) is 13.4. The number of rotatable bonds is 9. The molecule has 0 fully saturated rings. The molecule has 7 nitrogen and oxygen atoms in total. The van der Waals surface area contributed by atoms with Crippen LogP contribution in [0.15, 0.2) is 53.4 Å². The van der Waals surface area contributed by atoms with E-state index in [4.69, 9.17) is 5.14 Å². The first-order chi connectivity index (χ1) is 12.8. The number of anilines is 1. The Hall–Kier alpha value is -2.71. The van der Waals surface area contributed by atoms with Gasteiger partial charge < -0.3 is 10.6 Å². The van der Waals surface area contributed by atoms with Crippen molar-refractivity contribution >= 4 is 27.4 Å². The van der Waals surface area contributed by atoms with Crippen LogP contribution in [-0.2, 0) is 21.2 Å². The third-order valence-corrected chi connectivity index (χ3v) is 4.87. The van der Waals surface area contributed by atoms with Crippen LogP contribution in [0.1, 0.15) is 29.3 Å². The first-order valence-electron chi connectivity index (χ1n) is 8.49. The van der Waals surface area contributed by atoms with Crippen LogP contribution in [0, 0.1) is 0 Å². The summed E-state index contributed by atoms with van der Waals surface area (Å²) >= 11 is 0. The van der Waals surface area contributed by atoms with E-state index in [1.165, 1.54) is 19.1 Å². The van der Waals surface area contributed by atoms with Gasteiger partial charge in [-0.1, -0.05) is 24.3 Å². The van der Waals surface area contributed by atoms with E-state index in [1.807, 2.05) is 6.07 Å². The van der Waals surface area contributed by atoms with Gasteiger partial charge in [0.1, 0.15) is 0 Å². The van der Waals surface area contributed by atoms with Crippen molar-refractivity contribution < 1.29 is 18.0 Å². The molecule has 0 atom stereocenters. The third-order valence-electron chi connectivity index (χ3n) is 3.94. The van der Waals surface area contributed by atoms with Crippen molar-refractivity contribution in [3.63, 3.8) is 0 Å². The first kappa shape index (κ1) is 20.6. The molecule has 0 bridgehead atoms. The number of ketones is 1. The molecular weight excluding hydrogens is 366 g/mol. The van der Waals surface area contributed by atoms with Gasteiger partial charge in [0, 0.05) is 30.8 Å². The maximum absolute atomic E-state index is 11.9. The second-order valence-corrected chi connectivity index (χ2v) is 7.66. The molecule has 0 aliphatic carbocycles. The Bertz CT molecular complexity index is 909. The number of carbonyl (C=O) groups is 2. The van der Waals surface area contributed by atoms with Crippen LogP contribution >= 0.6 is 0 Å². The van der Waals surface area contributed by atoms with Crippen LogP contribution in [0.25, 0.3) is 0 Å². The van der Waals surface area contributed by atoms with Gasteiger partial charge in [-0.15, -0.1) is 0 Å². The minimum atomic E-state index is -3.69. The SMILES string of the molecule is CC(=O)c1cccc(NCCC(=O)NCCc2ccc(S(N)(=O)=O)cc2)c1. The second-order valence-electron chi connectivity index (χ2n) is 6.10. The van der Waals surface area contributed by atoms with Gasteiger partial charge in [0.05, 0.1) is 4.90 Å². The van der Waals surface area contributed by atoms with Gasteiger partial charge in [-0.3, -0.25) is 9.59 Å². The van der Waals surface area contributed by atoms with E-state index in [-0.39, 0.29) is 16.6 Å². The lowest BCUT2D eigenvalue weighted by Crippen LogP contribution is -2.27. The lowest BCUT2D eigenvalue weighted by Gasteiger charge is -2.09. The van der Waals surface area contributed by atoms with E-state index in [0.717, 1.165) is 11.3 Å². The molecule has 0 aliphatic heterocycles. The fourth-order valence-electron chi connectivity index (χ4n) is 2.45. The third kappa shape index (κ3) is 6.84. The van der Waals surface area contributed by atoms with Crippen LogP contribution in [0.4, 0.5) is 5.69 Å². The number of amides is 1. The van der Waals surface area contributed by atoms with Gasteiger partial charge in [-0.25, -0.2) is 13.6 Å². The van der Waals surface area contributed by atoms with Gasteiger partial charge in [-0.2, -0.15) is 0 Å². The summed E-state index contributed by atoms with van der Waals surface area (Å²) < 4.78 is 22.4. The number of hydrogen-bond donors (Lipinski definition) is 3. The van der Waals surface area contributed by atoms with Gasteiger partial charge in [0.15, 0.2) is 5.78 Å². The summed E-state index contributed by atoms with van der Waals surface area (Å²) in [5.41, 5.74) is 2.32. The molecule has 1 amide bonds. The Morgan fingerprint density at radius 1 is 1.04 bits per heavy atom. The van der Waals surface area contributed by atoms with E-state index < -0.39 is 10.0 Å². The van der Waals surface area contributed by atoms with E-state index in [0.29, 0.717) is 31.5 Å². The fraction of sp³-hybridized carbons (Fsp3) is 0.263. The average Bonchev–Trinajstić information content (AvgIpc) is 2.61. The Kier molecular flexibility index (Phi) is 7.09. The summed E-state index contributed by atoms with van der Waals surface area (Å²) in [5.74, 6) is -0.0973. The molecule has 0 radical (unpaired) electrons. The molecule has 0 heterocycles. The molecule has 144 valence electrons. The zero-order valence-corrected chi connectivity index (χ0v) is 15.9. The Morgan fingerprint density at radius 3 is 2.37 bits per heavy atom. The largest absolute Gasteiger partial charge is 0.385 e. The monoisotopic (exact) mass is 389 g/mol. The molecule has 0 aromatic heterocycles. The Balaban J connectivity index is 1.70. The van der Waals surface area contributed by atoms with E-state index in [2.05, 4.69) is 10.6 Å². The molecule has 0 saturated heterocycles. The number of benzene rings is 2. The Morgan fingerprint density at radius 2 is 1.74 bits per heavy atom. The molecular formula is C19H23N3O4S. The highest BCUT2D eigenvalue weighted by Gasteiger charge is 2.07. The van der Waals surface area contributed by atoms with Gasteiger partial charge in [0.2, 0.25) is 15.9 Å². The maximum atomic E-state index is 11.9. The minimum Gasteiger partial charge on any atom is -0.385 e. The number of Topliss-reactive ketones (excluding diaryl/α,β-unsaturated/α-hetero) is 1. The zero-order chi connectivity index (χ0) is 19.9. The predicted octanol–water partition coefficient (Wildman–Crippen LogP) is 1.70. The van der Waals surface area contributed by atoms with Crippen LogP contribution in [-0.4, -0.2) is 33.2 Å². The number of nitrogens with one attached hydrogen (secondary N) is 2. The summed E-state index contributed by atoms with van der Waals surface area (Å²) in [6.07, 6.45) is 0.888. The summed E-state index contributed by atoms with van der Waals surface area (Å²) in [7, 11) is -3.69. The number of nitrogens with two attached hydrogens (primary N) is 1. The minimum absolute atomic E-state index is 0.00603. The molecule has 0 saturated carbocycles. The zero-order valence-electron chi connectivity index (χ0n) is 15.1. The second kappa shape index (κ2) is 9.29. The quantitative estimate of drug-likeness (QED) is 0.564. The van der Waals surface area contributed by atoms with Crippen LogP contribution in [0.5, 0.6) is 0 Å². The lowest BCUT2D eigenvalue weighted by molar-refractivity contribution is -0.120. The first-order valence-corrected chi connectivity index (χ1v) is 10.0. The molecule has 8 heteroatoms. The van der Waals surface area contributed by atoms with Crippen molar-refractivity contribution in [2.75, 3.05) is 18.4 Å². The van der Waals surface area contributed by atoms with Gasteiger partial charge in [0.25, 0.3) is 0 Å².